The van der Waals surface area contributed by atoms with Crippen LogP contribution in [0.3, 0.4) is 0 Å². The largest absolute Gasteiger partial charge is 0.314 e. The van der Waals surface area contributed by atoms with Crippen LogP contribution in [0.25, 0.3) is 0 Å². The summed E-state index contributed by atoms with van der Waals surface area (Å²) in [6, 6.07) is 3.24. The van der Waals surface area contributed by atoms with Gasteiger partial charge in [0.1, 0.15) is 10.7 Å². The van der Waals surface area contributed by atoms with E-state index in [4.69, 9.17) is 11.6 Å². The lowest BCUT2D eigenvalue weighted by atomic mass is 10.3. The van der Waals surface area contributed by atoms with Gasteiger partial charge in [-0.2, -0.15) is 0 Å². The van der Waals surface area contributed by atoms with Gasteiger partial charge >= 0.3 is 0 Å². The second kappa shape index (κ2) is 6.82. The highest BCUT2D eigenvalue weighted by molar-refractivity contribution is 7.89. The zero-order chi connectivity index (χ0) is 14.6. The Kier molecular flexibility index (Phi) is 5.34. The summed E-state index contributed by atoms with van der Waals surface area (Å²) < 4.78 is 39.5. The molecular weight excluding hydrogens is 305 g/mol. The maximum atomic E-state index is 12.9. The molecule has 0 bridgehead atoms. The molecular formula is C12H17ClFN3O2S. The predicted octanol–water partition coefficient (Wildman–Crippen LogP) is 0.663. The minimum atomic E-state index is -3.70. The number of halogens is 2. The number of nitrogens with one attached hydrogen (secondary N) is 2. The van der Waals surface area contributed by atoms with Crippen molar-refractivity contribution in [1.29, 1.82) is 0 Å². The average molecular weight is 322 g/mol. The Morgan fingerprint density at radius 1 is 1.35 bits per heavy atom. The van der Waals surface area contributed by atoms with Crippen LogP contribution in [0.4, 0.5) is 4.39 Å². The van der Waals surface area contributed by atoms with Crippen LogP contribution in [0.1, 0.15) is 0 Å². The molecule has 1 aliphatic heterocycles. The minimum Gasteiger partial charge on any atom is -0.314 e. The maximum absolute atomic E-state index is 12.9. The van der Waals surface area contributed by atoms with Crippen LogP contribution in [0.5, 0.6) is 0 Å². The highest BCUT2D eigenvalue weighted by Gasteiger charge is 2.18. The quantitative estimate of drug-likeness (QED) is 0.836. The number of piperazine rings is 1. The van der Waals surface area contributed by atoms with Crippen LogP contribution < -0.4 is 10.0 Å². The monoisotopic (exact) mass is 321 g/mol. The molecule has 0 unspecified atom stereocenters. The van der Waals surface area contributed by atoms with Crippen LogP contribution >= 0.6 is 11.6 Å². The first-order chi connectivity index (χ1) is 9.49. The highest BCUT2D eigenvalue weighted by Crippen LogP contribution is 2.21. The number of hydrogen-bond acceptors (Lipinski definition) is 4. The van der Waals surface area contributed by atoms with Crippen molar-refractivity contribution in [3.8, 4) is 0 Å². The van der Waals surface area contributed by atoms with Crippen LogP contribution in [-0.4, -0.2) is 52.6 Å². The van der Waals surface area contributed by atoms with Gasteiger partial charge in [0.05, 0.1) is 5.02 Å². The van der Waals surface area contributed by atoms with Crippen LogP contribution in [0.2, 0.25) is 5.02 Å². The molecule has 1 aliphatic rings. The van der Waals surface area contributed by atoms with Crippen LogP contribution in [0, 0.1) is 5.82 Å². The van der Waals surface area contributed by atoms with Gasteiger partial charge in [0.15, 0.2) is 0 Å². The molecule has 0 aromatic heterocycles. The van der Waals surface area contributed by atoms with E-state index in [1.165, 1.54) is 6.07 Å². The highest BCUT2D eigenvalue weighted by atomic mass is 35.5. The summed E-state index contributed by atoms with van der Waals surface area (Å²) in [6.07, 6.45) is 0. The van der Waals surface area contributed by atoms with Crippen molar-refractivity contribution in [2.24, 2.45) is 0 Å². The summed E-state index contributed by atoms with van der Waals surface area (Å²) in [5, 5.41) is 3.12. The van der Waals surface area contributed by atoms with Gasteiger partial charge in [0.2, 0.25) is 10.0 Å². The number of benzene rings is 1. The van der Waals surface area contributed by atoms with Crippen molar-refractivity contribution >= 4 is 21.6 Å². The predicted molar refractivity (Wildman–Crippen MR) is 75.9 cm³/mol. The fourth-order valence-corrected chi connectivity index (χ4v) is 3.59. The summed E-state index contributed by atoms with van der Waals surface area (Å²) in [5.41, 5.74) is 0. The van der Waals surface area contributed by atoms with E-state index in [0.29, 0.717) is 13.1 Å². The topological polar surface area (TPSA) is 61.4 Å². The smallest absolute Gasteiger partial charge is 0.242 e. The molecule has 1 aromatic carbocycles. The first-order valence-corrected chi connectivity index (χ1v) is 8.23. The molecule has 2 rings (SSSR count). The zero-order valence-corrected chi connectivity index (χ0v) is 12.5. The van der Waals surface area contributed by atoms with E-state index in [1.807, 2.05) is 0 Å². The van der Waals surface area contributed by atoms with E-state index in [-0.39, 0.29) is 9.92 Å². The van der Waals surface area contributed by atoms with Crippen molar-refractivity contribution in [3.05, 3.63) is 29.0 Å². The van der Waals surface area contributed by atoms with E-state index in [2.05, 4.69) is 14.9 Å². The van der Waals surface area contributed by atoms with Crippen LogP contribution in [0.15, 0.2) is 23.1 Å². The summed E-state index contributed by atoms with van der Waals surface area (Å²) in [7, 11) is -3.70. The Morgan fingerprint density at radius 3 is 2.70 bits per heavy atom. The third-order valence-electron chi connectivity index (χ3n) is 3.11. The van der Waals surface area contributed by atoms with Gasteiger partial charge in [-0.15, -0.1) is 0 Å². The van der Waals surface area contributed by atoms with E-state index in [0.717, 1.165) is 38.3 Å². The second-order valence-electron chi connectivity index (χ2n) is 4.56. The van der Waals surface area contributed by atoms with E-state index in [9.17, 15) is 12.8 Å². The van der Waals surface area contributed by atoms with Gasteiger partial charge in [-0.1, -0.05) is 11.6 Å². The van der Waals surface area contributed by atoms with E-state index < -0.39 is 15.8 Å². The maximum Gasteiger partial charge on any atom is 0.242 e. The van der Waals surface area contributed by atoms with Crippen molar-refractivity contribution < 1.29 is 12.8 Å². The fourth-order valence-electron chi connectivity index (χ4n) is 2.04. The lowest BCUT2D eigenvalue weighted by Crippen LogP contribution is -2.46. The SMILES string of the molecule is O=S(=O)(NCCN1CCNCC1)c1ccc(F)cc1Cl. The lowest BCUT2D eigenvalue weighted by molar-refractivity contribution is 0.245. The van der Waals surface area contributed by atoms with E-state index in [1.54, 1.807) is 0 Å². The molecule has 112 valence electrons. The van der Waals surface area contributed by atoms with Gasteiger partial charge < -0.3 is 5.32 Å². The summed E-state index contributed by atoms with van der Waals surface area (Å²) in [4.78, 5) is 2.08. The third-order valence-corrected chi connectivity index (χ3v) is 5.06. The summed E-state index contributed by atoms with van der Waals surface area (Å²) in [6.45, 7) is 4.57. The van der Waals surface area contributed by atoms with Crippen molar-refractivity contribution in [1.82, 2.24) is 14.9 Å². The molecule has 8 heteroatoms. The Morgan fingerprint density at radius 2 is 2.05 bits per heavy atom. The molecule has 0 spiro atoms. The van der Waals surface area contributed by atoms with Crippen molar-refractivity contribution in [3.63, 3.8) is 0 Å². The Balaban J connectivity index is 1.93. The lowest BCUT2D eigenvalue weighted by Gasteiger charge is -2.27. The normalized spacial score (nSPS) is 17.3. The molecule has 0 saturated carbocycles. The number of sulfonamides is 1. The number of rotatable bonds is 5. The fraction of sp³-hybridized carbons (Fsp3) is 0.500. The molecule has 0 radical (unpaired) electrons. The molecule has 5 nitrogen and oxygen atoms in total. The first kappa shape index (κ1) is 15.7. The molecule has 2 N–H and O–H groups in total. The second-order valence-corrected chi connectivity index (χ2v) is 6.71. The average Bonchev–Trinajstić information content (AvgIpc) is 2.39. The third kappa shape index (κ3) is 4.13. The minimum absolute atomic E-state index is 0.0964. The summed E-state index contributed by atoms with van der Waals surface area (Å²) >= 11 is 5.76. The van der Waals surface area contributed by atoms with Gasteiger partial charge in [0, 0.05) is 39.3 Å². The van der Waals surface area contributed by atoms with E-state index >= 15 is 0 Å². The first-order valence-electron chi connectivity index (χ1n) is 6.37. The van der Waals surface area contributed by atoms with Gasteiger partial charge in [-0.3, -0.25) is 4.90 Å². The van der Waals surface area contributed by atoms with Gasteiger partial charge in [-0.05, 0) is 18.2 Å². The van der Waals surface area contributed by atoms with Gasteiger partial charge in [0.25, 0.3) is 0 Å². The number of hydrogen-bond donors (Lipinski definition) is 2. The van der Waals surface area contributed by atoms with Crippen molar-refractivity contribution in [2.45, 2.75) is 4.90 Å². The summed E-state index contributed by atoms with van der Waals surface area (Å²) in [5.74, 6) is -0.560. The molecule has 1 saturated heterocycles. The van der Waals surface area contributed by atoms with Crippen molar-refractivity contribution in [2.75, 3.05) is 39.3 Å². The molecule has 0 aliphatic carbocycles. The Labute approximate surface area is 123 Å². The molecule has 0 amide bonds. The Hall–Kier alpha value is -0.730. The van der Waals surface area contributed by atoms with Crippen LogP contribution in [-0.2, 0) is 10.0 Å². The zero-order valence-electron chi connectivity index (χ0n) is 10.9. The molecule has 20 heavy (non-hydrogen) atoms. The molecule has 1 heterocycles. The molecule has 1 fully saturated rings. The number of nitrogens with zero attached hydrogens (tertiary/aromatic N) is 1. The Bertz CT molecular complexity index is 562. The van der Waals surface area contributed by atoms with Gasteiger partial charge in [-0.25, -0.2) is 17.5 Å². The standard InChI is InChI=1S/C12H17ClFN3O2S/c13-11-9-10(14)1-2-12(11)20(18,19)16-5-8-17-6-3-15-4-7-17/h1-2,9,15-16H,3-8H2. The molecule has 1 aromatic rings. The molecule has 0 atom stereocenters.